The predicted molar refractivity (Wildman–Crippen MR) is 148 cm³/mol. The van der Waals surface area contributed by atoms with Gasteiger partial charge in [0, 0.05) is 26.3 Å². The van der Waals surface area contributed by atoms with Gasteiger partial charge in [-0.1, -0.05) is 71.7 Å². The van der Waals surface area contributed by atoms with Crippen LogP contribution in [0.2, 0.25) is 10.0 Å². The Kier molecular flexibility index (Phi) is 8.50. The molecule has 9 heteroatoms. The number of benzene rings is 4. The molecule has 0 radical (unpaired) electrons. The Labute approximate surface area is 227 Å². The average molecular weight is 551 g/mol. The quantitative estimate of drug-likeness (QED) is 0.198. The Bertz CT molecular complexity index is 1440. The zero-order valence-corrected chi connectivity index (χ0v) is 21.5. The first-order valence-corrected chi connectivity index (χ1v) is 12.7. The number of thioether (sulfide) groups is 1. The number of amides is 2. The Morgan fingerprint density at radius 1 is 0.703 bits per heavy atom. The molecule has 0 spiro atoms. The number of rotatable bonds is 8. The summed E-state index contributed by atoms with van der Waals surface area (Å²) in [7, 11) is 0. The van der Waals surface area contributed by atoms with Gasteiger partial charge in [0.05, 0.1) is 11.1 Å². The number of hydrogen-bond acceptors (Lipinski definition) is 4. The molecule has 0 aliphatic rings. The van der Waals surface area contributed by atoms with Gasteiger partial charge in [-0.2, -0.15) is 0 Å². The van der Waals surface area contributed by atoms with Crippen LogP contribution in [0.15, 0.2) is 102 Å². The third kappa shape index (κ3) is 6.92. The number of nitrogens with one attached hydrogen (secondary N) is 2. The number of carboxylic acids is 1. The molecular formula is C28H20Cl2N2O4S. The van der Waals surface area contributed by atoms with Crippen LogP contribution in [0.4, 0.5) is 11.4 Å². The minimum Gasteiger partial charge on any atom is -0.478 e. The van der Waals surface area contributed by atoms with Gasteiger partial charge in [0.15, 0.2) is 0 Å². The molecule has 37 heavy (non-hydrogen) atoms. The van der Waals surface area contributed by atoms with Crippen LogP contribution < -0.4 is 10.6 Å². The van der Waals surface area contributed by atoms with Gasteiger partial charge < -0.3 is 15.7 Å². The number of halogens is 2. The van der Waals surface area contributed by atoms with Gasteiger partial charge in [-0.05, 0) is 54.1 Å². The van der Waals surface area contributed by atoms with E-state index in [4.69, 9.17) is 23.2 Å². The van der Waals surface area contributed by atoms with E-state index >= 15 is 0 Å². The van der Waals surface area contributed by atoms with Gasteiger partial charge in [-0.25, -0.2) is 4.79 Å². The molecule has 3 N–H and O–H groups in total. The van der Waals surface area contributed by atoms with Crippen molar-refractivity contribution in [3.8, 4) is 0 Å². The van der Waals surface area contributed by atoms with Crippen molar-refractivity contribution in [3.05, 3.63) is 124 Å². The van der Waals surface area contributed by atoms with Crippen molar-refractivity contribution in [3.63, 3.8) is 0 Å². The van der Waals surface area contributed by atoms with E-state index in [-0.39, 0.29) is 17.0 Å². The summed E-state index contributed by atoms with van der Waals surface area (Å²) in [4.78, 5) is 38.3. The molecule has 0 heterocycles. The van der Waals surface area contributed by atoms with E-state index in [1.807, 2.05) is 36.4 Å². The van der Waals surface area contributed by atoms with E-state index in [2.05, 4.69) is 10.6 Å². The van der Waals surface area contributed by atoms with E-state index in [1.54, 1.807) is 48.5 Å². The molecule has 0 aliphatic carbocycles. The maximum atomic E-state index is 13.3. The normalized spacial score (nSPS) is 11.4. The predicted octanol–water partition coefficient (Wildman–Crippen LogP) is 7.42. The van der Waals surface area contributed by atoms with Gasteiger partial charge in [-0.15, -0.1) is 11.8 Å². The lowest BCUT2D eigenvalue weighted by atomic mass is 10.1. The molecule has 0 saturated carbocycles. The highest BCUT2D eigenvalue weighted by Crippen LogP contribution is 2.37. The molecular weight excluding hydrogens is 531 g/mol. The highest BCUT2D eigenvalue weighted by atomic mass is 35.5. The van der Waals surface area contributed by atoms with E-state index in [1.165, 1.54) is 23.9 Å². The summed E-state index contributed by atoms with van der Waals surface area (Å²) in [6, 6.07) is 27.1. The highest BCUT2D eigenvalue weighted by molar-refractivity contribution is 8.00. The molecule has 0 aliphatic heterocycles. The fraction of sp³-hybridized carbons (Fsp3) is 0.0357. The standard InChI is InChI=1S/C28H20Cl2N2O4S/c29-18-13-19(30)15-21(14-18)32-27(34)25(17-7-2-1-3-8-17)37-22-10-6-9-20(16-22)31-26(33)23-11-4-5-12-24(23)28(35)36/h1-16,25H,(H,31,33)(H,32,34)(H,35,36). The Morgan fingerprint density at radius 2 is 1.35 bits per heavy atom. The maximum absolute atomic E-state index is 13.3. The lowest BCUT2D eigenvalue weighted by molar-refractivity contribution is -0.115. The minimum absolute atomic E-state index is 0.0507. The van der Waals surface area contributed by atoms with E-state index in [0.29, 0.717) is 21.4 Å². The second kappa shape index (κ2) is 12.0. The largest absolute Gasteiger partial charge is 0.478 e. The second-order valence-electron chi connectivity index (χ2n) is 7.89. The van der Waals surface area contributed by atoms with Crippen LogP contribution in [0.5, 0.6) is 0 Å². The highest BCUT2D eigenvalue weighted by Gasteiger charge is 2.23. The van der Waals surface area contributed by atoms with E-state index < -0.39 is 17.1 Å². The summed E-state index contributed by atoms with van der Waals surface area (Å²) < 4.78 is 0. The van der Waals surface area contributed by atoms with E-state index in [0.717, 1.165) is 10.5 Å². The van der Waals surface area contributed by atoms with Crippen molar-refractivity contribution in [2.45, 2.75) is 10.1 Å². The van der Waals surface area contributed by atoms with Crippen LogP contribution in [0.1, 0.15) is 31.5 Å². The summed E-state index contributed by atoms with van der Waals surface area (Å²) >= 11 is 13.5. The van der Waals surface area contributed by atoms with E-state index in [9.17, 15) is 19.5 Å². The number of carboxylic acid groups (broad SMARTS) is 1. The molecule has 2 amide bonds. The van der Waals surface area contributed by atoms with Crippen LogP contribution in [-0.4, -0.2) is 22.9 Å². The van der Waals surface area contributed by atoms with Gasteiger partial charge in [0.25, 0.3) is 5.91 Å². The summed E-state index contributed by atoms with van der Waals surface area (Å²) in [5, 5.41) is 15.2. The third-order valence-electron chi connectivity index (χ3n) is 5.22. The number of anilines is 2. The number of carbonyl (C=O) groups is 3. The lowest BCUT2D eigenvalue weighted by Crippen LogP contribution is -2.19. The van der Waals surface area contributed by atoms with Gasteiger partial charge in [0.2, 0.25) is 5.91 Å². The van der Waals surface area contributed by atoms with Crippen LogP contribution >= 0.6 is 35.0 Å². The maximum Gasteiger partial charge on any atom is 0.336 e. The fourth-order valence-electron chi connectivity index (χ4n) is 3.58. The third-order valence-corrected chi connectivity index (χ3v) is 6.90. The average Bonchev–Trinajstić information content (AvgIpc) is 2.87. The fourth-order valence-corrected chi connectivity index (χ4v) is 5.19. The van der Waals surface area contributed by atoms with Crippen LogP contribution in [0.25, 0.3) is 0 Å². The topological polar surface area (TPSA) is 95.5 Å². The molecule has 186 valence electrons. The first-order valence-electron chi connectivity index (χ1n) is 11.0. The zero-order valence-electron chi connectivity index (χ0n) is 19.2. The summed E-state index contributed by atoms with van der Waals surface area (Å²) in [6.07, 6.45) is 0. The van der Waals surface area contributed by atoms with Crippen molar-refractivity contribution in [2.75, 3.05) is 10.6 Å². The van der Waals surface area contributed by atoms with Crippen LogP contribution in [0.3, 0.4) is 0 Å². The summed E-state index contributed by atoms with van der Waals surface area (Å²) in [5.74, 6) is -2.01. The molecule has 0 bridgehead atoms. The minimum atomic E-state index is -1.19. The molecule has 4 aromatic carbocycles. The van der Waals surface area contributed by atoms with Crippen molar-refractivity contribution < 1.29 is 19.5 Å². The number of aromatic carboxylic acids is 1. The lowest BCUT2D eigenvalue weighted by Gasteiger charge is -2.18. The van der Waals surface area contributed by atoms with Crippen LogP contribution in [0, 0.1) is 0 Å². The van der Waals surface area contributed by atoms with Crippen molar-refractivity contribution >= 4 is 64.1 Å². The zero-order chi connectivity index (χ0) is 26.4. The van der Waals surface area contributed by atoms with Gasteiger partial charge in [-0.3, -0.25) is 9.59 Å². The molecule has 0 saturated heterocycles. The smallest absolute Gasteiger partial charge is 0.336 e. The number of hydrogen-bond donors (Lipinski definition) is 3. The first kappa shape index (κ1) is 26.3. The second-order valence-corrected chi connectivity index (χ2v) is 9.94. The first-order chi connectivity index (χ1) is 17.8. The Morgan fingerprint density at radius 3 is 2.03 bits per heavy atom. The van der Waals surface area contributed by atoms with Gasteiger partial charge in [0.1, 0.15) is 5.25 Å². The van der Waals surface area contributed by atoms with Crippen LogP contribution in [-0.2, 0) is 4.79 Å². The van der Waals surface area contributed by atoms with Crippen molar-refractivity contribution in [1.82, 2.24) is 0 Å². The van der Waals surface area contributed by atoms with Crippen molar-refractivity contribution in [1.29, 1.82) is 0 Å². The summed E-state index contributed by atoms with van der Waals surface area (Å²) in [6.45, 7) is 0. The molecule has 6 nitrogen and oxygen atoms in total. The Balaban J connectivity index is 1.57. The molecule has 1 unspecified atom stereocenters. The number of carbonyl (C=O) groups excluding carboxylic acids is 2. The molecule has 0 fully saturated rings. The van der Waals surface area contributed by atoms with Crippen molar-refractivity contribution in [2.24, 2.45) is 0 Å². The Hall–Kier alpha value is -3.78. The van der Waals surface area contributed by atoms with Gasteiger partial charge >= 0.3 is 5.97 Å². The SMILES string of the molecule is O=C(O)c1ccccc1C(=O)Nc1cccc(SC(C(=O)Nc2cc(Cl)cc(Cl)c2)c2ccccc2)c1. The molecule has 1 atom stereocenters. The summed E-state index contributed by atoms with van der Waals surface area (Å²) in [5.41, 5.74) is 1.68. The molecule has 4 aromatic rings. The molecule has 4 rings (SSSR count). The molecule has 0 aromatic heterocycles. The monoisotopic (exact) mass is 550 g/mol.